The highest BCUT2D eigenvalue weighted by molar-refractivity contribution is 6.33. The van der Waals surface area contributed by atoms with Crippen molar-refractivity contribution in [3.63, 3.8) is 0 Å². The summed E-state index contributed by atoms with van der Waals surface area (Å²) in [7, 11) is 0. The molecule has 1 saturated heterocycles. The highest BCUT2D eigenvalue weighted by Crippen LogP contribution is 2.66. The van der Waals surface area contributed by atoms with Crippen LogP contribution in [-0.4, -0.2) is 24.0 Å². The Kier molecular flexibility index (Phi) is 2.34. The zero-order valence-electron chi connectivity index (χ0n) is 9.30. The zero-order valence-corrected chi connectivity index (χ0v) is 10.1. The molecule has 1 aromatic rings. The van der Waals surface area contributed by atoms with Crippen LogP contribution in [0.3, 0.4) is 0 Å². The third kappa shape index (κ3) is 1.69. The van der Waals surface area contributed by atoms with Gasteiger partial charge in [0.05, 0.1) is 10.7 Å². The summed E-state index contributed by atoms with van der Waals surface area (Å²) in [5.41, 5.74) is 0.198. The summed E-state index contributed by atoms with van der Waals surface area (Å²) in [6.07, 6.45) is 4.44. The summed E-state index contributed by atoms with van der Waals surface area (Å²) >= 11 is 6.05. The van der Waals surface area contributed by atoms with Crippen LogP contribution in [0.4, 0.5) is 14.5 Å². The van der Waals surface area contributed by atoms with Gasteiger partial charge < -0.3 is 4.90 Å². The molecule has 0 amide bonds. The molecule has 2 aliphatic rings. The summed E-state index contributed by atoms with van der Waals surface area (Å²) in [6.45, 7) is 1.30. The van der Waals surface area contributed by atoms with Crippen molar-refractivity contribution < 1.29 is 8.78 Å². The Bertz CT molecular complexity index is 442. The average Bonchev–Trinajstić information content (AvgIpc) is 2.82. The number of hydrogen-bond acceptors (Lipinski definition) is 2. The second kappa shape index (κ2) is 3.55. The van der Waals surface area contributed by atoms with Gasteiger partial charge in [0.2, 0.25) is 0 Å². The quantitative estimate of drug-likeness (QED) is 0.768. The lowest BCUT2D eigenvalue weighted by atomic mass is 9.92. The molecule has 5 heteroatoms. The molecule has 17 heavy (non-hydrogen) atoms. The number of rotatable bonds is 1. The van der Waals surface area contributed by atoms with E-state index in [0.717, 1.165) is 5.69 Å². The Morgan fingerprint density at radius 1 is 1.29 bits per heavy atom. The van der Waals surface area contributed by atoms with Crippen molar-refractivity contribution in [2.24, 2.45) is 5.41 Å². The molecule has 3 rings (SSSR count). The number of halogens is 3. The molecule has 1 aliphatic carbocycles. The maximum Gasteiger partial charge on any atom is 0.254 e. The molecule has 0 bridgehead atoms. The van der Waals surface area contributed by atoms with Crippen LogP contribution in [0.2, 0.25) is 5.02 Å². The molecule has 1 aliphatic heterocycles. The van der Waals surface area contributed by atoms with Gasteiger partial charge >= 0.3 is 0 Å². The van der Waals surface area contributed by atoms with Gasteiger partial charge in [0.1, 0.15) is 0 Å². The summed E-state index contributed by atoms with van der Waals surface area (Å²) in [4.78, 5) is 6.00. The fourth-order valence-electron chi connectivity index (χ4n) is 2.72. The number of pyridine rings is 1. The van der Waals surface area contributed by atoms with Gasteiger partial charge in [-0.05, 0) is 18.9 Å². The molecule has 2 nitrogen and oxygen atoms in total. The van der Waals surface area contributed by atoms with Gasteiger partial charge in [-0.15, -0.1) is 0 Å². The Balaban J connectivity index is 1.72. The van der Waals surface area contributed by atoms with Crippen LogP contribution in [0, 0.1) is 5.41 Å². The normalized spacial score (nSPS) is 25.0. The molecule has 0 radical (unpaired) electrons. The molecular formula is C12H13ClF2N2. The van der Waals surface area contributed by atoms with E-state index in [1.54, 1.807) is 12.4 Å². The van der Waals surface area contributed by atoms with E-state index in [-0.39, 0.29) is 6.42 Å². The Labute approximate surface area is 104 Å². The minimum Gasteiger partial charge on any atom is -0.370 e. The number of alkyl halides is 2. The lowest BCUT2D eigenvalue weighted by Crippen LogP contribution is -2.36. The molecule has 0 unspecified atom stereocenters. The first-order valence-electron chi connectivity index (χ1n) is 5.76. The van der Waals surface area contributed by atoms with E-state index in [2.05, 4.69) is 9.88 Å². The zero-order chi connectivity index (χ0) is 12.1. The topological polar surface area (TPSA) is 16.1 Å². The maximum atomic E-state index is 13.2. The Morgan fingerprint density at radius 2 is 1.94 bits per heavy atom. The van der Waals surface area contributed by atoms with Gasteiger partial charge in [-0.1, -0.05) is 11.6 Å². The van der Waals surface area contributed by atoms with E-state index < -0.39 is 11.3 Å². The third-order valence-electron chi connectivity index (χ3n) is 4.02. The fraction of sp³-hybridized carbons (Fsp3) is 0.583. The van der Waals surface area contributed by atoms with Crippen molar-refractivity contribution in [1.29, 1.82) is 0 Å². The molecule has 1 aromatic heterocycles. The Hall–Kier alpha value is -0.900. The van der Waals surface area contributed by atoms with Crippen LogP contribution in [-0.2, 0) is 0 Å². The van der Waals surface area contributed by atoms with Crippen molar-refractivity contribution in [3.05, 3.63) is 23.5 Å². The smallest absolute Gasteiger partial charge is 0.254 e. The minimum atomic E-state index is -2.43. The molecule has 2 heterocycles. The largest absolute Gasteiger partial charge is 0.370 e. The SMILES string of the molecule is FC1(F)CC12CCN(c1ccncc1Cl)CC2. The van der Waals surface area contributed by atoms with Gasteiger partial charge in [0, 0.05) is 37.3 Å². The molecule has 1 spiro atoms. The second-order valence-corrected chi connectivity index (χ2v) is 5.38. The molecule has 0 N–H and O–H groups in total. The molecular weight excluding hydrogens is 246 g/mol. The molecule has 2 fully saturated rings. The summed E-state index contributed by atoms with van der Waals surface area (Å²) in [6, 6.07) is 1.84. The van der Waals surface area contributed by atoms with E-state index in [4.69, 9.17) is 11.6 Å². The number of nitrogens with zero attached hydrogens (tertiary/aromatic N) is 2. The third-order valence-corrected chi connectivity index (χ3v) is 4.31. The van der Waals surface area contributed by atoms with E-state index in [0.29, 0.717) is 31.0 Å². The first-order valence-corrected chi connectivity index (χ1v) is 6.14. The fourth-order valence-corrected chi connectivity index (χ4v) is 2.96. The maximum absolute atomic E-state index is 13.2. The number of aromatic nitrogens is 1. The number of anilines is 1. The van der Waals surface area contributed by atoms with Crippen LogP contribution in [0.15, 0.2) is 18.5 Å². The van der Waals surface area contributed by atoms with Gasteiger partial charge in [-0.3, -0.25) is 4.98 Å². The number of piperidine rings is 1. The van der Waals surface area contributed by atoms with E-state index in [1.807, 2.05) is 6.07 Å². The predicted molar refractivity (Wildman–Crippen MR) is 62.7 cm³/mol. The highest BCUT2D eigenvalue weighted by atomic mass is 35.5. The first-order chi connectivity index (χ1) is 8.04. The monoisotopic (exact) mass is 258 g/mol. The van der Waals surface area contributed by atoms with Crippen LogP contribution in [0.25, 0.3) is 0 Å². The van der Waals surface area contributed by atoms with Crippen molar-refractivity contribution in [2.75, 3.05) is 18.0 Å². The lowest BCUT2D eigenvalue weighted by Gasteiger charge is -2.34. The van der Waals surface area contributed by atoms with Crippen molar-refractivity contribution >= 4 is 17.3 Å². The van der Waals surface area contributed by atoms with Crippen LogP contribution >= 0.6 is 11.6 Å². The standard InChI is InChI=1S/C12H13ClF2N2/c13-9-7-16-4-1-10(9)17-5-2-11(3-6-17)8-12(11,14)15/h1,4,7H,2-3,5-6,8H2. The highest BCUT2D eigenvalue weighted by Gasteiger charge is 2.70. The Morgan fingerprint density at radius 3 is 2.47 bits per heavy atom. The molecule has 0 atom stereocenters. The number of hydrogen-bond donors (Lipinski definition) is 0. The van der Waals surface area contributed by atoms with E-state index >= 15 is 0 Å². The van der Waals surface area contributed by atoms with Crippen LogP contribution in [0.1, 0.15) is 19.3 Å². The minimum absolute atomic E-state index is 0.0674. The predicted octanol–water partition coefficient (Wildman–Crippen LogP) is 3.36. The van der Waals surface area contributed by atoms with Crippen LogP contribution < -0.4 is 4.90 Å². The summed E-state index contributed by atoms with van der Waals surface area (Å²) in [5.74, 6) is -2.43. The molecule has 1 saturated carbocycles. The van der Waals surface area contributed by atoms with Gasteiger partial charge in [-0.25, -0.2) is 8.78 Å². The van der Waals surface area contributed by atoms with Crippen LogP contribution in [0.5, 0.6) is 0 Å². The second-order valence-electron chi connectivity index (χ2n) is 4.98. The first kappa shape index (κ1) is 11.2. The van der Waals surface area contributed by atoms with Gasteiger partial charge in [0.25, 0.3) is 5.92 Å². The molecule has 0 aromatic carbocycles. The summed E-state index contributed by atoms with van der Waals surface area (Å²) in [5, 5.41) is 0.589. The van der Waals surface area contributed by atoms with Crippen molar-refractivity contribution in [1.82, 2.24) is 4.98 Å². The summed E-state index contributed by atoms with van der Waals surface area (Å²) < 4.78 is 26.5. The van der Waals surface area contributed by atoms with Gasteiger partial charge in [-0.2, -0.15) is 0 Å². The van der Waals surface area contributed by atoms with Crippen molar-refractivity contribution in [2.45, 2.75) is 25.2 Å². The lowest BCUT2D eigenvalue weighted by molar-refractivity contribution is 0.0537. The van der Waals surface area contributed by atoms with Gasteiger partial charge in [0.15, 0.2) is 0 Å². The van der Waals surface area contributed by atoms with E-state index in [9.17, 15) is 8.78 Å². The van der Waals surface area contributed by atoms with Crippen molar-refractivity contribution in [3.8, 4) is 0 Å². The van der Waals surface area contributed by atoms with E-state index in [1.165, 1.54) is 0 Å². The molecule has 92 valence electrons. The average molecular weight is 259 g/mol.